The number of rotatable bonds is 3. The lowest BCUT2D eigenvalue weighted by atomic mass is 9.73. The second kappa shape index (κ2) is 4.68. The van der Waals surface area contributed by atoms with Crippen molar-refractivity contribution >= 4 is 17.8 Å². The van der Waals surface area contributed by atoms with Crippen LogP contribution in [0.4, 0.5) is 0 Å². The van der Waals surface area contributed by atoms with Crippen molar-refractivity contribution in [2.45, 2.75) is 44.6 Å². The molecule has 0 aromatic rings. The molecule has 1 atom stereocenters. The zero-order valence-corrected chi connectivity index (χ0v) is 10.1. The molecule has 2 rings (SSSR count). The van der Waals surface area contributed by atoms with E-state index in [-0.39, 0.29) is 6.42 Å². The van der Waals surface area contributed by atoms with Crippen LogP contribution in [-0.2, 0) is 14.4 Å². The summed E-state index contributed by atoms with van der Waals surface area (Å²) in [6.07, 6.45) is 4.21. The van der Waals surface area contributed by atoms with E-state index in [4.69, 9.17) is 10.2 Å². The smallest absolute Gasteiger partial charge is 0.329 e. The zero-order valence-electron chi connectivity index (χ0n) is 10.1. The van der Waals surface area contributed by atoms with Crippen LogP contribution in [0.5, 0.6) is 0 Å². The van der Waals surface area contributed by atoms with Crippen LogP contribution in [0.3, 0.4) is 0 Å². The summed E-state index contributed by atoms with van der Waals surface area (Å²) in [5.74, 6) is -2.22. The van der Waals surface area contributed by atoms with E-state index in [1.165, 1.54) is 0 Å². The minimum absolute atomic E-state index is 0.0929. The topological polar surface area (TPSA) is 94.9 Å². The fraction of sp³-hybridized carbons (Fsp3) is 0.750. The molecule has 1 aliphatic carbocycles. The van der Waals surface area contributed by atoms with Gasteiger partial charge in [0.25, 0.3) is 0 Å². The molecular formula is C12H17NO5. The average Bonchev–Trinajstić information content (AvgIpc) is 2.55. The maximum absolute atomic E-state index is 12.3. The van der Waals surface area contributed by atoms with Gasteiger partial charge in [-0.3, -0.25) is 14.5 Å². The quantitative estimate of drug-likeness (QED) is 0.699. The first-order valence-electron chi connectivity index (χ1n) is 6.22. The number of likely N-dealkylation sites (tertiary alicyclic amines) is 1. The van der Waals surface area contributed by atoms with Crippen LogP contribution in [-0.4, -0.2) is 45.5 Å². The monoisotopic (exact) mass is 255 g/mol. The van der Waals surface area contributed by atoms with Gasteiger partial charge in [-0.05, 0) is 12.8 Å². The number of carboxylic acids is 1. The van der Waals surface area contributed by atoms with Gasteiger partial charge < -0.3 is 10.2 Å². The number of carboxylic acid groups (broad SMARTS) is 1. The lowest BCUT2D eigenvalue weighted by Gasteiger charge is -2.31. The molecule has 0 aromatic heterocycles. The van der Waals surface area contributed by atoms with Crippen molar-refractivity contribution in [3.63, 3.8) is 0 Å². The van der Waals surface area contributed by atoms with Gasteiger partial charge in [-0.15, -0.1) is 0 Å². The van der Waals surface area contributed by atoms with E-state index in [0.717, 1.165) is 24.2 Å². The number of aliphatic hydroxyl groups is 1. The highest BCUT2D eigenvalue weighted by Gasteiger charge is 2.54. The van der Waals surface area contributed by atoms with E-state index >= 15 is 0 Å². The minimum atomic E-state index is -1.44. The van der Waals surface area contributed by atoms with Gasteiger partial charge in [0.05, 0.1) is 12.0 Å². The van der Waals surface area contributed by atoms with E-state index in [1.54, 1.807) is 0 Å². The number of aliphatic hydroxyl groups excluding tert-OH is 1. The van der Waals surface area contributed by atoms with Crippen LogP contribution in [0.15, 0.2) is 0 Å². The molecule has 100 valence electrons. The molecule has 1 aliphatic heterocycles. The average molecular weight is 255 g/mol. The molecule has 1 heterocycles. The predicted molar refractivity (Wildman–Crippen MR) is 60.5 cm³/mol. The molecule has 1 saturated carbocycles. The summed E-state index contributed by atoms with van der Waals surface area (Å²) in [5, 5.41) is 18.0. The summed E-state index contributed by atoms with van der Waals surface area (Å²) in [4.78, 5) is 36.0. The molecule has 2 amide bonds. The number of carbonyl (C=O) groups excluding carboxylic acids is 2. The van der Waals surface area contributed by atoms with Crippen LogP contribution in [0.1, 0.15) is 38.5 Å². The maximum Gasteiger partial charge on any atom is 0.329 e. The molecule has 2 aliphatic rings. The van der Waals surface area contributed by atoms with Gasteiger partial charge in [0.15, 0.2) is 6.04 Å². The van der Waals surface area contributed by atoms with Gasteiger partial charge in [-0.2, -0.15) is 0 Å². The van der Waals surface area contributed by atoms with Crippen molar-refractivity contribution in [3.8, 4) is 0 Å². The SMILES string of the molecule is O=C(O)C(CO)N1C(=O)CC2(CCCCC2)C1=O. The van der Waals surface area contributed by atoms with Crippen LogP contribution >= 0.6 is 0 Å². The van der Waals surface area contributed by atoms with Crippen LogP contribution in [0.2, 0.25) is 0 Å². The van der Waals surface area contributed by atoms with Gasteiger partial charge in [0.1, 0.15) is 0 Å². The highest BCUT2D eigenvalue weighted by Crippen LogP contribution is 2.45. The Morgan fingerprint density at radius 3 is 2.39 bits per heavy atom. The molecule has 1 saturated heterocycles. The van der Waals surface area contributed by atoms with E-state index in [1.807, 2.05) is 0 Å². The van der Waals surface area contributed by atoms with Crippen LogP contribution < -0.4 is 0 Å². The third kappa shape index (κ3) is 1.90. The Bertz CT molecular complexity index is 386. The molecule has 6 heteroatoms. The second-order valence-corrected chi connectivity index (χ2v) is 5.12. The number of hydrogen-bond donors (Lipinski definition) is 2. The highest BCUT2D eigenvalue weighted by atomic mass is 16.4. The number of aliphatic carboxylic acids is 1. The number of hydrogen-bond acceptors (Lipinski definition) is 4. The summed E-state index contributed by atoms with van der Waals surface area (Å²) in [6.45, 7) is -0.733. The molecule has 0 radical (unpaired) electrons. The van der Waals surface area contributed by atoms with Gasteiger partial charge in [0, 0.05) is 6.42 Å². The Kier molecular flexibility index (Phi) is 3.38. The van der Waals surface area contributed by atoms with E-state index in [0.29, 0.717) is 12.8 Å². The first kappa shape index (κ1) is 13.0. The maximum atomic E-state index is 12.3. The standard InChI is InChI=1S/C12H17NO5/c14-7-8(10(16)17)13-9(15)6-12(11(13)18)4-2-1-3-5-12/h8,14H,1-7H2,(H,16,17). The second-order valence-electron chi connectivity index (χ2n) is 5.12. The number of nitrogens with zero attached hydrogens (tertiary/aromatic N) is 1. The molecule has 1 spiro atoms. The molecule has 6 nitrogen and oxygen atoms in total. The van der Waals surface area contributed by atoms with Crippen molar-refractivity contribution in [1.82, 2.24) is 4.90 Å². The van der Waals surface area contributed by atoms with Gasteiger partial charge in [0.2, 0.25) is 11.8 Å². The largest absolute Gasteiger partial charge is 0.480 e. The Labute approximate surface area is 105 Å². The van der Waals surface area contributed by atoms with Crippen LogP contribution in [0.25, 0.3) is 0 Å². The lowest BCUT2D eigenvalue weighted by molar-refractivity contribution is -0.157. The first-order valence-corrected chi connectivity index (χ1v) is 6.22. The highest BCUT2D eigenvalue weighted by molar-refractivity contribution is 6.08. The summed E-state index contributed by atoms with van der Waals surface area (Å²) in [6, 6.07) is -1.44. The van der Waals surface area contributed by atoms with Crippen molar-refractivity contribution in [2.75, 3.05) is 6.61 Å². The lowest BCUT2D eigenvalue weighted by Crippen LogP contribution is -2.49. The summed E-state index contributed by atoms with van der Waals surface area (Å²) in [5.41, 5.74) is -0.696. The molecule has 0 aromatic carbocycles. The van der Waals surface area contributed by atoms with Crippen molar-refractivity contribution in [2.24, 2.45) is 5.41 Å². The van der Waals surface area contributed by atoms with Gasteiger partial charge in [-0.1, -0.05) is 19.3 Å². The fourth-order valence-electron chi connectivity index (χ4n) is 3.02. The normalized spacial score (nSPS) is 24.6. The molecule has 2 N–H and O–H groups in total. The Balaban J connectivity index is 2.26. The van der Waals surface area contributed by atoms with Gasteiger partial charge >= 0.3 is 5.97 Å². The molecule has 0 bridgehead atoms. The fourth-order valence-corrected chi connectivity index (χ4v) is 3.02. The minimum Gasteiger partial charge on any atom is -0.480 e. The Morgan fingerprint density at radius 1 is 1.28 bits per heavy atom. The molecule has 18 heavy (non-hydrogen) atoms. The van der Waals surface area contributed by atoms with Crippen molar-refractivity contribution in [3.05, 3.63) is 0 Å². The third-order valence-corrected chi connectivity index (χ3v) is 4.01. The number of carbonyl (C=O) groups is 3. The van der Waals surface area contributed by atoms with E-state index in [2.05, 4.69) is 0 Å². The van der Waals surface area contributed by atoms with Crippen LogP contribution in [0, 0.1) is 5.41 Å². The molecule has 2 fully saturated rings. The van der Waals surface area contributed by atoms with E-state index in [9.17, 15) is 14.4 Å². The Morgan fingerprint density at radius 2 is 1.89 bits per heavy atom. The summed E-state index contributed by atoms with van der Waals surface area (Å²) < 4.78 is 0. The summed E-state index contributed by atoms with van der Waals surface area (Å²) in [7, 11) is 0. The molecular weight excluding hydrogens is 238 g/mol. The number of imide groups is 1. The van der Waals surface area contributed by atoms with Crippen molar-refractivity contribution < 1.29 is 24.6 Å². The first-order chi connectivity index (χ1) is 8.52. The number of amides is 2. The van der Waals surface area contributed by atoms with Crippen molar-refractivity contribution in [1.29, 1.82) is 0 Å². The van der Waals surface area contributed by atoms with Gasteiger partial charge in [-0.25, -0.2) is 4.79 Å². The Hall–Kier alpha value is -1.43. The van der Waals surface area contributed by atoms with E-state index < -0.39 is 35.8 Å². The zero-order chi connectivity index (χ0) is 13.3. The summed E-state index contributed by atoms with van der Waals surface area (Å²) >= 11 is 0. The third-order valence-electron chi connectivity index (χ3n) is 4.01. The predicted octanol–water partition coefficient (Wildman–Crippen LogP) is 0.141. The molecule has 1 unspecified atom stereocenters.